The molecule has 1 saturated heterocycles. The molecule has 0 spiro atoms. The topological polar surface area (TPSA) is 38.3 Å². The standard InChI is InChI=1S/C7H10Br3NO2/c1-6(2-3-11-4-6)13-5(12)7(8,9)10/h11H,2-4H2,1H3. The van der Waals surface area contributed by atoms with E-state index in [4.69, 9.17) is 4.74 Å². The van der Waals surface area contributed by atoms with Gasteiger partial charge in [0.25, 0.3) is 0 Å². The number of nitrogens with one attached hydrogen (secondary N) is 1. The molecule has 3 nitrogen and oxygen atoms in total. The smallest absolute Gasteiger partial charge is 0.345 e. The maximum atomic E-state index is 11.4. The molecule has 6 heteroatoms. The summed E-state index contributed by atoms with van der Waals surface area (Å²) in [5.41, 5.74) is -0.377. The monoisotopic (exact) mass is 377 g/mol. The third-order valence-corrected chi connectivity index (χ3v) is 2.87. The lowest BCUT2D eigenvalue weighted by molar-refractivity contribution is -0.153. The first-order chi connectivity index (χ1) is 5.83. The predicted octanol–water partition coefficient (Wildman–Crippen LogP) is 2.12. The van der Waals surface area contributed by atoms with E-state index in [1.165, 1.54) is 0 Å². The van der Waals surface area contributed by atoms with E-state index in [2.05, 4.69) is 53.1 Å². The summed E-state index contributed by atoms with van der Waals surface area (Å²) in [4.78, 5) is 11.4. The third kappa shape index (κ3) is 3.49. The SMILES string of the molecule is CC1(OC(=O)C(Br)(Br)Br)CCNC1. The molecule has 1 rings (SSSR count). The number of halogens is 3. The summed E-state index contributed by atoms with van der Waals surface area (Å²) in [7, 11) is 0. The Labute approximate surface area is 102 Å². The van der Waals surface area contributed by atoms with Crippen LogP contribution < -0.4 is 5.32 Å². The maximum absolute atomic E-state index is 11.4. The van der Waals surface area contributed by atoms with Crippen molar-refractivity contribution in [1.82, 2.24) is 5.32 Å². The number of carbonyl (C=O) groups excluding carboxylic acids is 1. The van der Waals surface area contributed by atoms with Crippen LogP contribution in [0.15, 0.2) is 0 Å². The predicted molar refractivity (Wildman–Crippen MR) is 61.5 cm³/mol. The van der Waals surface area contributed by atoms with Gasteiger partial charge in [-0.25, -0.2) is 4.79 Å². The summed E-state index contributed by atoms with van der Waals surface area (Å²) in [6.07, 6.45) is 0.849. The fraction of sp³-hybridized carbons (Fsp3) is 0.857. The van der Waals surface area contributed by atoms with E-state index in [1.807, 2.05) is 6.92 Å². The van der Waals surface area contributed by atoms with Gasteiger partial charge < -0.3 is 10.1 Å². The minimum Gasteiger partial charge on any atom is -0.456 e. The molecule has 13 heavy (non-hydrogen) atoms. The third-order valence-electron chi connectivity index (χ3n) is 1.90. The van der Waals surface area contributed by atoms with Crippen molar-refractivity contribution in [3.05, 3.63) is 0 Å². The van der Waals surface area contributed by atoms with Crippen molar-refractivity contribution in [2.45, 2.75) is 21.1 Å². The Morgan fingerprint density at radius 2 is 2.15 bits per heavy atom. The van der Waals surface area contributed by atoms with Gasteiger partial charge in [-0.3, -0.25) is 0 Å². The Balaban J connectivity index is 2.53. The lowest BCUT2D eigenvalue weighted by atomic mass is 10.1. The first-order valence-electron chi connectivity index (χ1n) is 3.84. The molecule has 0 aliphatic carbocycles. The Kier molecular flexibility index (Phi) is 3.82. The quantitative estimate of drug-likeness (QED) is 0.560. The van der Waals surface area contributed by atoms with Crippen molar-refractivity contribution in [2.24, 2.45) is 0 Å². The van der Waals surface area contributed by atoms with E-state index < -0.39 is 2.14 Å². The molecule has 1 aliphatic heterocycles. The molecule has 76 valence electrons. The van der Waals surface area contributed by atoms with Crippen molar-refractivity contribution in [1.29, 1.82) is 0 Å². The van der Waals surface area contributed by atoms with Crippen LogP contribution in [0.5, 0.6) is 0 Å². The van der Waals surface area contributed by atoms with Gasteiger partial charge in [0.15, 0.2) is 0 Å². The van der Waals surface area contributed by atoms with Gasteiger partial charge in [-0.15, -0.1) is 0 Å². The maximum Gasteiger partial charge on any atom is 0.345 e. The molecule has 1 heterocycles. The van der Waals surface area contributed by atoms with Gasteiger partial charge >= 0.3 is 5.97 Å². The molecule has 1 N–H and O–H groups in total. The fourth-order valence-electron chi connectivity index (χ4n) is 1.16. The molecule has 1 fully saturated rings. The average Bonchev–Trinajstić information content (AvgIpc) is 2.33. The zero-order valence-electron chi connectivity index (χ0n) is 7.07. The van der Waals surface area contributed by atoms with E-state index in [0.29, 0.717) is 6.54 Å². The molecule has 0 bridgehead atoms. The minimum atomic E-state index is -0.960. The van der Waals surface area contributed by atoms with Gasteiger partial charge in [-0.1, -0.05) is 0 Å². The van der Waals surface area contributed by atoms with Crippen molar-refractivity contribution >= 4 is 53.8 Å². The summed E-state index contributed by atoms with van der Waals surface area (Å²) in [6, 6.07) is 0. The number of rotatable bonds is 1. The van der Waals surface area contributed by atoms with Crippen LogP contribution in [0, 0.1) is 0 Å². The number of hydrogen-bond acceptors (Lipinski definition) is 3. The molecule has 1 aliphatic rings. The van der Waals surface area contributed by atoms with E-state index in [1.54, 1.807) is 0 Å². The van der Waals surface area contributed by atoms with E-state index in [9.17, 15) is 4.79 Å². The average molecular weight is 380 g/mol. The zero-order valence-corrected chi connectivity index (χ0v) is 11.8. The summed E-state index contributed by atoms with van der Waals surface area (Å²) in [5, 5.41) is 3.15. The first kappa shape index (κ1) is 11.9. The van der Waals surface area contributed by atoms with Gasteiger partial charge in [-0.2, -0.15) is 0 Å². The van der Waals surface area contributed by atoms with Crippen LogP contribution in [-0.2, 0) is 9.53 Å². The van der Waals surface area contributed by atoms with Crippen LogP contribution >= 0.6 is 47.8 Å². The molecule has 0 aromatic carbocycles. The van der Waals surface area contributed by atoms with Crippen LogP contribution in [0.1, 0.15) is 13.3 Å². The normalized spacial score (nSPS) is 28.9. The summed E-state index contributed by atoms with van der Waals surface area (Å²) >= 11 is 9.34. The van der Waals surface area contributed by atoms with Crippen molar-refractivity contribution in [3.8, 4) is 0 Å². The van der Waals surface area contributed by atoms with Gasteiger partial charge in [-0.05, 0) is 61.3 Å². The number of alkyl halides is 3. The highest BCUT2D eigenvalue weighted by Crippen LogP contribution is 2.36. The zero-order chi connectivity index (χ0) is 10.1. The van der Waals surface area contributed by atoms with E-state index in [-0.39, 0.29) is 11.6 Å². The van der Waals surface area contributed by atoms with E-state index >= 15 is 0 Å². The van der Waals surface area contributed by atoms with Crippen LogP contribution in [0.2, 0.25) is 0 Å². The Morgan fingerprint density at radius 3 is 2.54 bits per heavy atom. The molecule has 1 unspecified atom stereocenters. The lowest BCUT2D eigenvalue weighted by Crippen LogP contribution is -2.37. The van der Waals surface area contributed by atoms with Crippen molar-refractivity contribution in [2.75, 3.05) is 13.1 Å². The Bertz CT molecular complexity index is 208. The number of hydrogen-bond donors (Lipinski definition) is 1. The molecular formula is C7H10Br3NO2. The largest absolute Gasteiger partial charge is 0.456 e. The molecule has 0 saturated carbocycles. The second-order valence-electron chi connectivity index (χ2n) is 3.26. The number of carbonyl (C=O) groups is 1. The summed E-state index contributed by atoms with van der Waals surface area (Å²) in [6.45, 7) is 3.52. The molecular weight excluding hydrogens is 370 g/mol. The summed E-state index contributed by atoms with van der Waals surface area (Å²) in [5.74, 6) is -0.362. The minimum absolute atomic E-state index is 0.362. The molecule has 0 radical (unpaired) electrons. The van der Waals surface area contributed by atoms with Crippen LogP contribution in [0.3, 0.4) is 0 Å². The van der Waals surface area contributed by atoms with Crippen molar-refractivity contribution < 1.29 is 9.53 Å². The van der Waals surface area contributed by atoms with Gasteiger partial charge in [0.1, 0.15) is 5.60 Å². The molecule has 0 aromatic heterocycles. The highest BCUT2D eigenvalue weighted by molar-refractivity contribution is 9.40. The van der Waals surface area contributed by atoms with Crippen LogP contribution in [0.4, 0.5) is 0 Å². The Hall–Kier alpha value is 0.870. The highest BCUT2D eigenvalue weighted by Gasteiger charge is 2.39. The van der Waals surface area contributed by atoms with Crippen LogP contribution in [0.25, 0.3) is 0 Å². The Morgan fingerprint density at radius 1 is 1.54 bits per heavy atom. The molecule has 0 aromatic rings. The highest BCUT2D eigenvalue weighted by atomic mass is 80.0. The van der Waals surface area contributed by atoms with Gasteiger partial charge in [0, 0.05) is 13.0 Å². The number of ether oxygens (including phenoxy) is 1. The molecule has 0 amide bonds. The summed E-state index contributed by atoms with van der Waals surface area (Å²) < 4.78 is 4.36. The lowest BCUT2D eigenvalue weighted by Gasteiger charge is -2.25. The van der Waals surface area contributed by atoms with Crippen LogP contribution in [-0.4, -0.2) is 26.8 Å². The number of esters is 1. The second-order valence-corrected chi connectivity index (χ2v) is 10.0. The fourth-order valence-corrected chi connectivity index (χ4v) is 1.41. The van der Waals surface area contributed by atoms with Crippen molar-refractivity contribution in [3.63, 3.8) is 0 Å². The van der Waals surface area contributed by atoms with E-state index in [0.717, 1.165) is 13.0 Å². The van der Waals surface area contributed by atoms with Gasteiger partial charge in [0.05, 0.1) is 0 Å². The molecule has 1 atom stereocenters. The first-order valence-corrected chi connectivity index (χ1v) is 6.22. The second kappa shape index (κ2) is 4.16. The van der Waals surface area contributed by atoms with Gasteiger partial charge in [0.2, 0.25) is 2.14 Å².